The lowest BCUT2D eigenvalue weighted by Crippen LogP contribution is -2.17. The summed E-state index contributed by atoms with van der Waals surface area (Å²) in [6.45, 7) is 2.70. The van der Waals surface area contributed by atoms with E-state index in [2.05, 4.69) is 15.0 Å². The molecule has 1 aliphatic heterocycles. The molecule has 0 spiro atoms. The highest BCUT2D eigenvalue weighted by atomic mass is 16.5. The molecule has 0 aliphatic carbocycles. The molecule has 0 fully saturated rings. The molecular formula is C9H13N3O2. The highest BCUT2D eigenvalue weighted by Crippen LogP contribution is 2.07. The third-order valence-electron chi connectivity index (χ3n) is 2.31. The number of rotatable bonds is 1. The third kappa shape index (κ3) is 1.63. The molecule has 0 bridgehead atoms. The van der Waals surface area contributed by atoms with Crippen molar-refractivity contribution in [1.82, 2.24) is 14.9 Å². The Labute approximate surface area is 82.1 Å². The van der Waals surface area contributed by atoms with Gasteiger partial charge in [-0.05, 0) is 0 Å². The van der Waals surface area contributed by atoms with Crippen molar-refractivity contribution in [3.8, 4) is 0 Å². The number of ether oxygens (including phenoxy) is 1. The highest BCUT2D eigenvalue weighted by molar-refractivity contribution is 5.86. The Morgan fingerprint density at radius 3 is 3.29 bits per heavy atom. The fourth-order valence-corrected chi connectivity index (χ4v) is 1.57. The standard InChI is InChI=1S/C9H13N3O2/c1-14-9(13)7-6-12-5-4-10-3-2-8(12)11-7/h6,10H,2-5H2,1H3. The molecule has 1 aliphatic rings. The van der Waals surface area contributed by atoms with Crippen molar-refractivity contribution in [2.45, 2.75) is 13.0 Å². The van der Waals surface area contributed by atoms with Gasteiger partial charge < -0.3 is 14.6 Å². The molecule has 0 radical (unpaired) electrons. The summed E-state index contributed by atoms with van der Waals surface area (Å²) in [6, 6.07) is 0. The number of carbonyl (C=O) groups excluding carboxylic acids is 1. The quantitative estimate of drug-likeness (QED) is 0.631. The number of carbonyl (C=O) groups is 1. The fraction of sp³-hybridized carbons (Fsp3) is 0.556. The number of aromatic nitrogens is 2. The Kier molecular flexibility index (Phi) is 2.49. The van der Waals surface area contributed by atoms with Crippen LogP contribution in [0.1, 0.15) is 16.3 Å². The first-order chi connectivity index (χ1) is 6.81. The van der Waals surface area contributed by atoms with Crippen LogP contribution in [0.2, 0.25) is 0 Å². The van der Waals surface area contributed by atoms with E-state index in [1.807, 2.05) is 4.57 Å². The number of methoxy groups -OCH3 is 1. The van der Waals surface area contributed by atoms with E-state index in [1.54, 1.807) is 6.20 Å². The zero-order valence-corrected chi connectivity index (χ0v) is 8.12. The summed E-state index contributed by atoms with van der Waals surface area (Å²) in [5.41, 5.74) is 0.407. The largest absolute Gasteiger partial charge is 0.464 e. The van der Waals surface area contributed by atoms with Crippen molar-refractivity contribution in [2.24, 2.45) is 0 Å². The van der Waals surface area contributed by atoms with Crippen LogP contribution in [0.15, 0.2) is 6.20 Å². The molecule has 0 unspecified atom stereocenters. The lowest BCUT2D eigenvalue weighted by atomic mass is 10.4. The van der Waals surface area contributed by atoms with Crippen molar-refractivity contribution < 1.29 is 9.53 Å². The van der Waals surface area contributed by atoms with Crippen molar-refractivity contribution in [3.63, 3.8) is 0 Å². The lowest BCUT2D eigenvalue weighted by molar-refractivity contribution is 0.0594. The summed E-state index contributed by atoms with van der Waals surface area (Å²) >= 11 is 0. The smallest absolute Gasteiger partial charge is 0.358 e. The van der Waals surface area contributed by atoms with Gasteiger partial charge in [-0.25, -0.2) is 9.78 Å². The minimum absolute atomic E-state index is 0.362. The molecule has 1 aromatic heterocycles. The van der Waals surface area contributed by atoms with Gasteiger partial charge in [-0.15, -0.1) is 0 Å². The maximum atomic E-state index is 11.2. The SMILES string of the molecule is COC(=O)c1cn2c(n1)CCNCC2. The second kappa shape index (κ2) is 3.79. The van der Waals surface area contributed by atoms with E-state index in [4.69, 9.17) is 0 Å². The fourth-order valence-electron chi connectivity index (χ4n) is 1.57. The highest BCUT2D eigenvalue weighted by Gasteiger charge is 2.15. The van der Waals surface area contributed by atoms with E-state index in [0.717, 1.165) is 31.9 Å². The van der Waals surface area contributed by atoms with E-state index in [0.29, 0.717) is 5.69 Å². The first kappa shape index (κ1) is 9.21. The Balaban J connectivity index is 2.26. The average Bonchev–Trinajstić information content (AvgIpc) is 2.49. The summed E-state index contributed by atoms with van der Waals surface area (Å²) < 4.78 is 6.62. The monoisotopic (exact) mass is 195 g/mol. The molecule has 0 aromatic carbocycles. The van der Waals surface area contributed by atoms with Crippen LogP contribution < -0.4 is 5.32 Å². The van der Waals surface area contributed by atoms with Crippen LogP contribution in [0.4, 0.5) is 0 Å². The molecule has 5 nitrogen and oxygen atoms in total. The zero-order chi connectivity index (χ0) is 9.97. The first-order valence-electron chi connectivity index (χ1n) is 4.66. The molecule has 0 atom stereocenters. The Hall–Kier alpha value is -1.36. The number of esters is 1. The summed E-state index contributed by atoms with van der Waals surface area (Å²) in [5.74, 6) is 0.592. The molecule has 0 saturated carbocycles. The van der Waals surface area contributed by atoms with Crippen molar-refractivity contribution in [1.29, 1.82) is 0 Å². The van der Waals surface area contributed by atoms with Crippen LogP contribution in [0, 0.1) is 0 Å². The van der Waals surface area contributed by atoms with Gasteiger partial charge in [-0.2, -0.15) is 0 Å². The first-order valence-corrected chi connectivity index (χ1v) is 4.66. The molecule has 0 saturated heterocycles. The number of hydrogen-bond acceptors (Lipinski definition) is 4. The van der Waals surface area contributed by atoms with E-state index >= 15 is 0 Å². The molecule has 76 valence electrons. The Morgan fingerprint density at radius 2 is 2.50 bits per heavy atom. The molecule has 1 N–H and O–H groups in total. The zero-order valence-electron chi connectivity index (χ0n) is 8.12. The van der Waals surface area contributed by atoms with Crippen LogP contribution in [-0.2, 0) is 17.7 Å². The van der Waals surface area contributed by atoms with Gasteiger partial charge in [-0.3, -0.25) is 0 Å². The van der Waals surface area contributed by atoms with E-state index < -0.39 is 0 Å². The number of hydrogen-bond donors (Lipinski definition) is 1. The summed E-state index contributed by atoms with van der Waals surface area (Å²) in [4.78, 5) is 15.4. The van der Waals surface area contributed by atoms with Gasteiger partial charge in [-0.1, -0.05) is 0 Å². The average molecular weight is 195 g/mol. The van der Waals surface area contributed by atoms with Gasteiger partial charge in [0.25, 0.3) is 0 Å². The minimum atomic E-state index is -0.362. The number of nitrogens with zero attached hydrogens (tertiary/aromatic N) is 2. The van der Waals surface area contributed by atoms with Gasteiger partial charge >= 0.3 is 5.97 Å². The van der Waals surface area contributed by atoms with Crippen LogP contribution in [-0.4, -0.2) is 35.7 Å². The number of nitrogens with one attached hydrogen (secondary N) is 1. The second-order valence-electron chi connectivity index (χ2n) is 3.23. The van der Waals surface area contributed by atoms with Crippen molar-refractivity contribution >= 4 is 5.97 Å². The van der Waals surface area contributed by atoms with Crippen LogP contribution in [0.3, 0.4) is 0 Å². The molecular weight excluding hydrogens is 182 g/mol. The summed E-state index contributed by atoms with van der Waals surface area (Å²) in [5, 5.41) is 3.27. The maximum absolute atomic E-state index is 11.2. The molecule has 0 amide bonds. The predicted octanol–water partition coefficient (Wildman–Crippen LogP) is -0.185. The van der Waals surface area contributed by atoms with Crippen LogP contribution in [0.25, 0.3) is 0 Å². The second-order valence-corrected chi connectivity index (χ2v) is 3.23. The van der Waals surface area contributed by atoms with Gasteiger partial charge in [0, 0.05) is 32.3 Å². The molecule has 5 heteroatoms. The van der Waals surface area contributed by atoms with Crippen LogP contribution in [0.5, 0.6) is 0 Å². The minimum Gasteiger partial charge on any atom is -0.464 e. The van der Waals surface area contributed by atoms with Crippen molar-refractivity contribution in [3.05, 3.63) is 17.7 Å². The maximum Gasteiger partial charge on any atom is 0.358 e. The van der Waals surface area contributed by atoms with E-state index in [9.17, 15) is 4.79 Å². The lowest BCUT2D eigenvalue weighted by Gasteiger charge is -1.99. The molecule has 1 aromatic rings. The topological polar surface area (TPSA) is 56.2 Å². The van der Waals surface area contributed by atoms with Gasteiger partial charge in [0.15, 0.2) is 5.69 Å². The summed E-state index contributed by atoms with van der Waals surface area (Å²) in [6.07, 6.45) is 2.62. The van der Waals surface area contributed by atoms with Crippen LogP contribution >= 0.6 is 0 Å². The molecule has 14 heavy (non-hydrogen) atoms. The molecule has 2 heterocycles. The van der Waals surface area contributed by atoms with Gasteiger partial charge in [0.2, 0.25) is 0 Å². The van der Waals surface area contributed by atoms with Crippen molar-refractivity contribution in [2.75, 3.05) is 20.2 Å². The normalized spacial score (nSPS) is 15.8. The van der Waals surface area contributed by atoms with E-state index in [1.165, 1.54) is 7.11 Å². The Bertz CT molecular complexity index is 322. The number of imidazole rings is 1. The van der Waals surface area contributed by atoms with E-state index in [-0.39, 0.29) is 5.97 Å². The number of fused-ring (bicyclic) bond motifs is 1. The van der Waals surface area contributed by atoms with Gasteiger partial charge in [0.05, 0.1) is 7.11 Å². The summed E-state index contributed by atoms with van der Waals surface area (Å²) in [7, 11) is 1.37. The predicted molar refractivity (Wildman–Crippen MR) is 50.1 cm³/mol. The Morgan fingerprint density at radius 1 is 1.64 bits per heavy atom. The van der Waals surface area contributed by atoms with Gasteiger partial charge in [0.1, 0.15) is 5.82 Å². The third-order valence-corrected chi connectivity index (χ3v) is 2.31. The molecule has 2 rings (SSSR count).